The first-order valence-electron chi connectivity index (χ1n) is 10.8. The molecule has 0 bridgehead atoms. The number of imide groups is 1. The maximum Gasteiger partial charge on any atom is 0.262 e. The number of oxime groups is 1. The standard InChI is InChI=1S/C27H22N2O4/c1-17-12-14-20(15-13-17)24(29-25(31)21-10-6-7-11-22(21)26(29)32)27(18(2)30)16-23(28-33-27)19-8-4-3-5-9-19/h3-15,24H,16H2,1-2H3/t24-,27+/m1/s1. The third-order valence-corrected chi connectivity index (χ3v) is 6.37. The van der Waals surface area contributed by atoms with E-state index in [-0.39, 0.29) is 12.2 Å². The van der Waals surface area contributed by atoms with Crippen LogP contribution >= 0.6 is 0 Å². The molecule has 6 nitrogen and oxygen atoms in total. The number of aryl methyl sites for hydroxylation is 1. The number of benzene rings is 3. The van der Waals surface area contributed by atoms with Gasteiger partial charge >= 0.3 is 0 Å². The topological polar surface area (TPSA) is 76.0 Å². The molecule has 5 rings (SSSR count). The van der Waals surface area contributed by atoms with Crippen LogP contribution < -0.4 is 0 Å². The molecule has 33 heavy (non-hydrogen) atoms. The van der Waals surface area contributed by atoms with Gasteiger partial charge in [-0.15, -0.1) is 0 Å². The summed E-state index contributed by atoms with van der Waals surface area (Å²) in [7, 11) is 0. The van der Waals surface area contributed by atoms with Crippen molar-refractivity contribution in [2.24, 2.45) is 5.16 Å². The van der Waals surface area contributed by atoms with Crippen molar-refractivity contribution >= 4 is 23.3 Å². The Morgan fingerprint density at radius 3 is 2.06 bits per heavy atom. The zero-order valence-electron chi connectivity index (χ0n) is 18.3. The highest BCUT2D eigenvalue weighted by molar-refractivity contribution is 6.22. The highest BCUT2D eigenvalue weighted by atomic mass is 16.7. The Hall–Kier alpha value is -4.06. The molecule has 2 aliphatic heterocycles. The highest BCUT2D eigenvalue weighted by Gasteiger charge is 2.57. The van der Waals surface area contributed by atoms with E-state index in [4.69, 9.17) is 4.84 Å². The van der Waals surface area contributed by atoms with Gasteiger partial charge in [0.15, 0.2) is 5.78 Å². The quantitative estimate of drug-likeness (QED) is 0.550. The molecular formula is C27H22N2O4. The van der Waals surface area contributed by atoms with Crippen LogP contribution in [0.15, 0.2) is 84.0 Å². The second-order valence-electron chi connectivity index (χ2n) is 8.46. The minimum Gasteiger partial charge on any atom is -0.378 e. The normalized spacial score (nSPS) is 20.3. The van der Waals surface area contributed by atoms with Crippen LogP contribution in [-0.2, 0) is 9.63 Å². The Kier molecular flexibility index (Phi) is 4.93. The number of hydrogen-bond acceptors (Lipinski definition) is 5. The van der Waals surface area contributed by atoms with Crippen molar-refractivity contribution < 1.29 is 19.2 Å². The SMILES string of the molecule is CC(=O)[C@]1([C@@H](c2ccc(C)cc2)N2C(=O)c3ccccc3C2=O)CC(c2ccccc2)=NO1. The van der Waals surface area contributed by atoms with Crippen LogP contribution in [0.2, 0.25) is 0 Å². The van der Waals surface area contributed by atoms with Crippen LogP contribution in [0, 0.1) is 6.92 Å². The van der Waals surface area contributed by atoms with Crippen LogP contribution in [0.3, 0.4) is 0 Å². The number of fused-ring (bicyclic) bond motifs is 1. The monoisotopic (exact) mass is 438 g/mol. The number of carbonyl (C=O) groups excluding carboxylic acids is 3. The molecule has 3 aromatic rings. The molecule has 3 aromatic carbocycles. The van der Waals surface area contributed by atoms with E-state index < -0.39 is 23.5 Å². The Bertz CT molecular complexity index is 1260. The van der Waals surface area contributed by atoms with Gasteiger partial charge in [-0.05, 0) is 37.1 Å². The van der Waals surface area contributed by atoms with Crippen LogP contribution in [0.4, 0.5) is 0 Å². The van der Waals surface area contributed by atoms with Gasteiger partial charge in [0.2, 0.25) is 5.60 Å². The molecule has 0 saturated carbocycles. The lowest BCUT2D eigenvalue weighted by atomic mass is 9.79. The van der Waals surface area contributed by atoms with Gasteiger partial charge < -0.3 is 4.84 Å². The first-order valence-corrected chi connectivity index (χ1v) is 10.8. The molecular weight excluding hydrogens is 416 g/mol. The van der Waals surface area contributed by atoms with E-state index in [0.29, 0.717) is 22.4 Å². The van der Waals surface area contributed by atoms with Crippen LogP contribution in [0.1, 0.15) is 56.8 Å². The maximum absolute atomic E-state index is 13.5. The number of ketones is 1. The Labute approximate surface area is 191 Å². The molecule has 0 aromatic heterocycles. The molecule has 0 unspecified atom stereocenters. The summed E-state index contributed by atoms with van der Waals surface area (Å²) >= 11 is 0. The molecule has 6 heteroatoms. The summed E-state index contributed by atoms with van der Waals surface area (Å²) in [5, 5.41) is 4.26. The number of amides is 2. The molecule has 0 radical (unpaired) electrons. The molecule has 164 valence electrons. The molecule has 0 spiro atoms. The van der Waals surface area contributed by atoms with E-state index in [2.05, 4.69) is 5.16 Å². The summed E-state index contributed by atoms with van der Waals surface area (Å²) in [5.74, 6) is -1.20. The number of Topliss-reactive ketones (excluding diaryl/α,β-unsaturated/α-hetero) is 1. The average molecular weight is 438 g/mol. The molecule has 0 N–H and O–H groups in total. The number of rotatable bonds is 5. The average Bonchev–Trinajstić information content (AvgIpc) is 3.39. The summed E-state index contributed by atoms with van der Waals surface area (Å²) in [6, 6.07) is 22.6. The largest absolute Gasteiger partial charge is 0.378 e. The van der Waals surface area contributed by atoms with Gasteiger partial charge in [-0.3, -0.25) is 19.3 Å². The summed E-state index contributed by atoms with van der Waals surface area (Å²) < 4.78 is 0. The van der Waals surface area contributed by atoms with E-state index in [1.807, 2.05) is 61.5 Å². The van der Waals surface area contributed by atoms with Crippen molar-refractivity contribution in [1.82, 2.24) is 4.90 Å². The second-order valence-corrected chi connectivity index (χ2v) is 8.46. The fourth-order valence-electron chi connectivity index (χ4n) is 4.58. The van der Waals surface area contributed by atoms with Gasteiger partial charge in [-0.1, -0.05) is 77.4 Å². The van der Waals surface area contributed by atoms with Crippen molar-refractivity contribution in [1.29, 1.82) is 0 Å². The predicted octanol–water partition coefficient (Wildman–Crippen LogP) is 4.48. The fourth-order valence-corrected chi connectivity index (χ4v) is 4.58. The van der Waals surface area contributed by atoms with Gasteiger partial charge in [0.25, 0.3) is 11.8 Å². The van der Waals surface area contributed by atoms with Crippen LogP contribution in [0.25, 0.3) is 0 Å². The van der Waals surface area contributed by atoms with Crippen molar-refractivity contribution in [2.75, 3.05) is 0 Å². The number of nitrogens with zero attached hydrogens (tertiary/aromatic N) is 2. The van der Waals surface area contributed by atoms with Gasteiger partial charge in [0.1, 0.15) is 6.04 Å². The smallest absolute Gasteiger partial charge is 0.262 e. The zero-order chi connectivity index (χ0) is 23.2. The van der Waals surface area contributed by atoms with E-state index in [1.54, 1.807) is 24.3 Å². The molecule has 0 saturated heterocycles. The van der Waals surface area contributed by atoms with Crippen molar-refractivity contribution in [3.05, 3.63) is 107 Å². The predicted molar refractivity (Wildman–Crippen MR) is 123 cm³/mol. The molecule has 2 atom stereocenters. The minimum atomic E-state index is -1.53. The maximum atomic E-state index is 13.5. The van der Waals surface area contributed by atoms with E-state index >= 15 is 0 Å². The second kappa shape index (κ2) is 7.81. The van der Waals surface area contributed by atoms with E-state index in [0.717, 1.165) is 11.1 Å². The van der Waals surface area contributed by atoms with E-state index in [1.165, 1.54) is 11.8 Å². The third-order valence-electron chi connectivity index (χ3n) is 6.37. The van der Waals surface area contributed by atoms with E-state index in [9.17, 15) is 14.4 Å². The molecule has 2 heterocycles. The van der Waals surface area contributed by atoms with Crippen LogP contribution in [-0.4, -0.2) is 33.8 Å². The summed E-state index contributed by atoms with van der Waals surface area (Å²) in [5.41, 5.74) is 2.18. The lowest BCUT2D eigenvalue weighted by Crippen LogP contribution is -2.52. The Balaban J connectivity index is 1.65. The molecule has 0 aliphatic carbocycles. The highest BCUT2D eigenvalue weighted by Crippen LogP contribution is 2.45. The zero-order valence-corrected chi connectivity index (χ0v) is 18.3. The molecule has 0 fully saturated rings. The van der Waals surface area contributed by atoms with Gasteiger partial charge in [-0.2, -0.15) is 0 Å². The van der Waals surface area contributed by atoms with Gasteiger partial charge in [-0.25, -0.2) is 0 Å². The molecule has 2 aliphatic rings. The van der Waals surface area contributed by atoms with Crippen molar-refractivity contribution in [3.63, 3.8) is 0 Å². The summed E-state index contributed by atoms with van der Waals surface area (Å²) in [6.45, 7) is 3.37. The van der Waals surface area contributed by atoms with Gasteiger partial charge in [0, 0.05) is 6.42 Å². The lowest BCUT2D eigenvalue weighted by molar-refractivity contribution is -0.146. The summed E-state index contributed by atoms with van der Waals surface area (Å²) in [4.78, 5) is 47.2. The first-order chi connectivity index (χ1) is 15.9. The number of hydrogen-bond donors (Lipinski definition) is 0. The first kappa shape index (κ1) is 20.8. The third kappa shape index (κ3) is 3.26. The Morgan fingerprint density at radius 2 is 1.48 bits per heavy atom. The Morgan fingerprint density at radius 1 is 0.909 bits per heavy atom. The minimum absolute atomic E-state index is 0.137. The fraction of sp³-hybridized carbons (Fsp3) is 0.185. The van der Waals surface area contributed by atoms with Crippen molar-refractivity contribution in [2.45, 2.75) is 31.9 Å². The summed E-state index contributed by atoms with van der Waals surface area (Å²) in [6.07, 6.45) is 0.137. The number of carbonyl (C=O) groups is 3. The van der Waals surface area contributed by atoms with Gasteiger partial charge in [0.05, 0.1) is 16.8 Å². The lowest BCUT2D eigenvalue weighted by Gasteiger charge is -2.38. The van der Waals surface area contributed by atoms with Crippen molar-refractivity contribution in [3.8, 4) is 0 Å². The van der Waals surface area contributed by atoms with Crippen LogP contribution in [0.5, 0.6) is 0 Å². The molecule has 2 amide bonds.